The van der Waals surface area contributed by atoms with Gasteiger partial charge in [0.05, 0.1) is 19.3 Å². The minimum absolute atomic E-state index is 0.0322. The number of aromatic nitrogens is 2. The van der Waals surface area contributed by atoms with Gasteiger partial charge in [0.1, 0.15) is 12.2 Å². The molecular formula is C18H19BrN5O9P. The van der Waals surface area contributed by atoms with Crippen LogP contribution in [0.15, 0.2) is 55.7 Å². The van der Waals surface area contributed by atoms with E-state index in [1.165, 1.54) is 0 Å². The fourth-order valence-corrected chi connectivity index (χ4v) is 5.44. The smallest absolute Gasteiger partial charge is 0.387 e. The minimum atomic E-state index is -4.21. The van der Waals surface area contributed by atoms with Crippen molar-refractivity contribution < 1.29 is 33.1 Å². The molecule has 0 spiro atoms. The van der Waals surface area contributed by atoms with Crippen LogP contribution in [0.2, 0.25) is 0 Å². The Labute approximate surface area is 199 Å². The van der Waals surface area contributed by atoms with E-state index >= 15 is 0 Å². The first-order chi connectivity index (χ1) is 16.2. The molecule has 1 unspecified atom stereocenters. The molecule has 2 saturated heterocycles. The van der Waals surface area contributed by atoms with Gasteiger partial charge in [0.2, 0.25) is 5.72 Å². The summed E-state index contributed by atoms with van der Waals surface area (Å²) in [6.07, 6.45) is -4.43. The number of nitrogens with zero attached hydrogens (tertiary/aromatic N) is 4. The summed E-state index contributed by atoms with van der Waals surface area (Å²) in [6, 6.07) is 8.16. The van der Waals surface area contributed by atoms with Crippen molar-refractivity contribution in [1.29, 1.82) is 0 Å². The molecule has 34 heavy (non-hydrogen) atoms. The predicted octanol–water partition coefficient (Wildman–Crippen LogP) is 1.86. The molecule has 0 amide bonds. The lowest BCUT2D eigenvalue weighted by atomic mass is 10.1. The Balaban J connectivity index is 1.55. The maximum Gasteiger partial charge on any atom is 0.475 e. The number of aliphatic hydroxyl groups excluding tert-OH is 2. The van der Waals surface area contributed by atoms with Crippen molar-refractivity contribution in [3.05, 3.63) is 77.8 Å². The lowest BCUT2D eigenvalue weighted by Crippen LogP contribution is -2.45. The zero-order valence-electron chi connectivity index (χ0n) is 17.3. The van der Waals surface area contributed by atoms with Crippen LogP contribution in [0.5, 0.6) is 0 Å². The second-order valence-electron chi connectivity index (χ2n) is 7.49. The largest absolute Gasteiger partial charge is 0.475 e. The molecule has 0 aliphatic carbocycles. The number of hydrogen-bond acceptors (Lipinski definition) is 10. The predicted molar refractivity (Wildman–Crippen MR) is 117 cm³/mol. The summed E-state index contributed by atoms with van der Waals surface area (Å²) in [5.74, 6) is 0. The van der Waals surface area contributed by atoms with Crippen LogP contribution in [0.3, 0.4) is 0 Å². The Morgan fingerprint density at radius 2 is 2.18 bits per heavy atom. The van der Waals surface area contributed by atoms with Crippen LogP contribution in [0.1, 0.15) is 24.3 Å². The molecule has 16 heteroatoms. The average Bonchev–Trinajstić information content (AvgIpc) is 3.04. The van der Waals surface area contributed by atoms with E-state index in [0.29, 0.717) is 6.42 Å². The first-order valence-electron chi connectivity index (χ1n) is 9.91. The van der Waals surface area contributed by atoms with Crippen molar-refractivity contribution >= 4 is 23.8 Å². The molecule has 1 aromatic heterocycles. The zero-order chi connectivity index (χ0) is 24.5. The van der Waals surface area contributed by atoms with Crippen LogP contribution >= 0.6 is 23.8 Å². The number of hydrogen-bond donors (Lipinski definition) is 3. The van der Waals surface area contributed by atoms with Crippen LogP contribution in [-0.4, -0.2) is 50.9 Å². The molecule has 1 aromatic carbocycles. The summed E-state index contributed by atoms with van der Waals surface area (Å²) in [4.78, 5) is 28.0. The van der Waals surface area contributed by atoms with Crippen molar-refractivity contribution in [2.24, 2.45) is 5.11 Å². The van der Waals surface area contributed by atoms with Crippen LogP contribution in [0.25, 0.3) is 10.4 Å². The summed E-state index contributed by atoms with van der Waals surface area (Å²) < 4.78 is 36.4. The maximum atomic E-state index is 13.1. The molecule has 0 radical (unpaired) electrons. The lowest BCUT2D eigenvalue weighted by Gasteiger charge is -2.32. The summed E-state index contributed by atoms with van der Waals surface area (Å²) in [5, 5.41) is 24.5. The van der Waals surface area contributed by atoms with Gasteiger partial charge < -0.3 is 14.9 Å². The third kappa shape index (κ3) is 4.89. The van der Waals surface area contributed by atoms with Crippen molar-refractivity contribution in [3.8, 4) is 0 Å². The van der Waals surface area contributed by atoms with E-state index in [0.717, 1.165) is 26.9 Å². The van der Waals surface area contributed by atoms with E-state index in [9.17, 15) is 24.4 Å². The quantitative estimate of drug-likeness (QED) is 0.204. The van der Waals surface area contributed by atoms with Crippen molar-refractivity contribution in [2.75, 3.05) is 13.2 Å². The number of phosphoric acid groups is 1. The maximum absolute atomic E-state index is 13.1. The Morgan fingerprint density at radius 1 is 1.38 bits per heavy atom. The highest BCUT2D eigenvalue weighted by molar-refractivity contribution is 9.10. The molecule has 6 atom stereocenters. The lowest BCUT2D eigenvalue weighted by molar-refractivity contribution is -0.127. The van der Waals surface area contributed by atoms with E-state index < -0.39 is 55.9 Å². The van der Waals surface area contributed by atoms with Crippen LogP contribution in [-0.2, 0) is 22.9 Å². The summed E-state index contributed by atoms with van der Waals surface area (Å²) in [5.41, 5.74) is 5.84. The number of azide groups is 1. The third-order valence-electron chi connectivity index (χ3n) is 5.28. The second-order valence-corrected chi connectivity index (χ2v) is 10.0. The highest BCUT2D eigenvalue weighted by Gasteiger charge is 2.56. The molecule has 3 N–H and O–H groups in total. The Bertz CT molecular complexity index is 1280. The van der Waals surface area contributed by atoms with Crippen molar-refractivity contribution in [1.82, 2.24) is 9.55 Å². The van der Waals surface area contributed by atoms with Gasteiger partial charge in [-0.25, -0.2) is 9.36 Å². The van der Waals surface area contributed by atoms with Crippen LogP contribution in [0.4, 0.5) is 0 Å². The number of ether oxygens (including phenoxy) is 1. The highest BCUT2D eigenvalue weighted by Crippen LogP contribution is 2.58. The molecule has 14 nitrogen and oxygen atoms in total. The number of nitrogens with one attached hydrogen (secondary N) is 1. The molecule has 182 valence electrons. The number of halogens is 1. The molecule has 0 saturated carbocycles. The van der Waals surface area contributed by atoms with Gasteiger partial charge >= 0.3 is 13.5 Å². The Morgan fingerprint density at radius 3 is 2.88 bits per heavy atom. The SMILES string of the molecule is [N-]=[N+]=N[C@]1(COP2(=O)OCC[C@@H](c3cccc(Br)c3)O2)O[C@@H](n2ccc(=O)[nH]c2=O)[C@H](O)[C@@H]1O. The van der Waals surface area contributed by atoms with E-state index in [4.69, 9.17) is 23.8 Å². The second kappa shape index (κ2) is 9.74. The first kappa shape index (κ1) is 24.8. The highest BCUT2D eigenvalue weighted by atomic mass is 79.9. The third-order valence-corrected chi connectivity index (χ3v) is 7.23. The van der Waals surface area contributed by atoms with Gasteiger partial charge in [-0.05, 0) is 23.2 Å². The number of phosphoric ester groups is 1. The first-order valence-corrected chi connectivity index (χ1v) is 12.2. The van der Waals surface area contributed by atoms with Gasteiger partial charge in [-0.1, -0.05) is 33.2 Å². The summed E-state index contributed by atoms with van der Waals surface area (Å²) in [6.45, 7) is -0.809. The molecule has 3 heterocycles. The molecule has 2 aliphatic heterocycles. The normalized spacial score (nSPS) is 33.4. The molecule has 2 aromatic rings. The molecular weight excluding hydrogens is 541 g/mol. The fraction of sp³-hybridized carbons (Fsp3) is 0.444. The van der Waals surface area contributed by atoms with Crippen molar-refractivity contribution in [2.45, 2.75) is 36.7 Å². The molecule has 2 aliphatic rings. The van der Waals surface area contributed by atoms with Crippen LogP contribution in [0, 0.1) is 0 Å². The zero-order valence-corrected chi connectivity index (χ0v) is 19.7. The van der Waals surface area contributed by atoms with Crippen LogP contribution < -0.4 is 11.2 Å². The monoisotopic (exact) mass is 559 g/mol. The van der Waals surface area contributed by atoms with Gasteiger partial charge in [0.15, 0.2) is 6.23 Å². The average molecular weight is 560 g/mol. The summed E-state index contributed by atoms with van der Waals surface area (Å²) in [7, 11) is -4.21. The number of aliphatic hydroxyl groups is 2. The molecule has 2 fully saturated rings. The Hall–Kier alpha value is -2.32. The van der Waals surface area contributed by atoms with Crippen molar-refractivity contribution in [3.63, 3.8) is 0 Å². The van der Waals surface area contributed by atoms with Gasteiger partial charge in [0.25, 0.3) is 5.56 Å². The minimum Gasteiger partial charge on any atom is -0.387 e. The van der Waals surface area contributed by atoms with E-state index in [1.807, 2.05) is 11.1 Å². The van der Waals surface area contributed by atoms with E-state index in [2.05, 4.69) is 26.0 Å². The number of H-pyrrole nitrogens is 1. The number of benzene rings is 1. The van der Waals surface area contributed by atoms with E-state index in [-0.39, 0.29) is 6.61 Å². The topological polar surface area (TPSA) is 198 Å². The Kier molecular flexibility index (Phi) is 7.10. The van der Waals surface area contributed by atoms with E-state index in [1.54, 1.807) is 18.2 Å². The summed E-state index contributed by atoms with van der Waals surface area (Å²) >= 11 is 3.36. The fourth-order valence-electron chi connectivity index (χ4n) is 3.61. The molecule has 0 bridgehead atoms. The standard InChI is InChI=1S/C18H19BrN5O9P/c19-11-3-1-2-10(8-11)12-5-7-30-34(29,33-12)31-9-18(22-23-20)15(27)14(26)16(32-18)24-6-4-13(25)21-17(24)28/h1-4,6,8,12,14-16,26-27H,5,7,9H2,(H,21,25,28)/t12-,14+,15-,16+,18+,34?/m0/s1. The molecule has 4 rings (SSSR count). The van der Waals surface area contributed by atoms with Gasteiger partial charge in [-0.3, -0.25) is 27.9 Å². The van der Waals surface area contributed by atoms with Gasteiger partial charge in [-0.15, -0.1) is 0 Å². The van der Waals surface area contributed by atoms with Gasteiger partial charge in [-0.2, -0.15) is 0 Å². The number of rotatable bonds is 6. The van der Waals surface area contributed by atoms with Gasteiger partial charge in [0, 0.05) is 28.1 Å². The number of aromatic amines is 1.